The molecule has 0 heterocycles. The van der Waals surface area contributed by atoms with Crippen molar-refractivity contribution in [1.82, 2.24) is 10.2 Å². The van der Waals surface area contributed by atoms with Crippen molar-refractivity contribution in [2.24, 2.45) is 0 Å². The minimum Gasteiger partial charge on any atom is -0.492 e. The van der Waals surface area contributed by atoms with Crippen LogP contribution in [0.3, 0.4) is 0 Å². The van der Waals surface area contributed by atoms with Gasteiger partial charge in [0, 0.05) is 41.2 Å². The van der Waals surface area contributed by atoms with E-state index < -0.39 is 16.1 Å². The SMILES string of the molecule is CCOc1ccccc1N(CCCC(=O)N(Cc1c(Cl)cccc1Cl)[C@@H](C)C(=O)NC(C)C)S(C)(=O)=O. The lowest BCUT2D eigenvalue weighted by Gasteiger charge is -2.30. The number of ether oxygens (including phenoxy) is 1. The lowest BCUT2D eigenvalue weighted by molar-refractivity contribution is -0.140. The number of carbonyl (C=O) groups excluding carboxylic acids is 2. The Hall–Kier alpha value is -2.49. The van der Waals surface area contributed by atoms with Gasteiger partial charge in [0.05, 0.1) is 18.6 Å². The number of hydrogen-bond donors (Lipinski definition) is 1. The van der Waals surface area contributed by atoms with Gasteiger partial charge in [0.1, 0.15) is 11.8 Å². The Kier molecular flexibility index (Phi) is 11.5. The Balaban J connectivity index is 2.26. The van der Waals surface area contributed by atoms with Crippen LogP contribution >= 0.6 is 23.2 Å². The fraction of sp³-hybridized carbons (Fsp3) is 0.462. The summed E-state index contributed by atoms with van der Waals surface area (Å²) in [5.41, 5.74) is 0.940. The molecule has 0 saturated heterocycles. The third-order valence-electron chi connectivity index (χ3n) is 5.57. The predicted octanol–water partition coefficient (Wildman–Crippen LogP) is 4.88. The molecule has 0 fully saturated rings. The van der Waals surface area contributed by atoms with Crippen molar-refractivity contribution < 1.29 is 22.7 Å². The molecule has 0 aliphatic rings. The normalized spacial score (nSPS) is 12.2. The number of rotatable bonds is 13. The molecule has 2 aromatic carbocycles. The fourth-order valence-corrected chi connectivity index (χ4v) is 5.25. The van der Waals surface area contributed by atoms with E-state index in [0.29, 0.717) is 33.7 Å². The van der Waals surface area contributed by atoms with Crippen molar-refractivity contribution >= 4 is 50.7 Å². The van der Waals surface area contributed by atoms with Gasteiger partial charge in [-0.25, -0.2) is 8.42 Å². The quantitative estimate of drug-likeness (QED) is 0.369. The van der Waals surface area contributed by atoms with Crippen molar-refractivity contribution in [3.63, 3.8) is 0 Å². The van der Waals surface area contributed by atoms with Crippen LogP contribution in [0.1, 0.15) is 46.1 Å². The molecule has 11 heteroatoms. The highest BCUT2D eigenvalue weighted by atomic mass is 35.5. The fourth-order valence-electron chi connectivity index (χ4n) is 3.76. The first-order valence-electron chi connectivity index (χ1n) is 12.1. The summed E-state index contributed by atoms with van der Waals surface area (Å²) in [4.78, 5) is 27.6. The molecule has 204 valence electrons. The van der Waals surface area contributed by atoms with Gasteiger partial charge in [0.15, 0.2) is 0 Å². The highest BCUT2D eigenvalue weighted by Gasteiger charge is 2.28. The monoisotopic (exact) mass is 571 g/mol. The maximum absolute atomic E-state index is 13.4. The summed E-state index contributed by atoms with van der Waals surface area (Å²) >= 11 is 12.7. The molecule has 1 N–H and O–H groups in total. The molecule has 0 unspecified atom stereocenters. The van der Waals surface area contributed by atoms with Gasteiger partial charge in [0.2, 0.25) is 21.8 Å². The van der Waals surface area contributed by atoms with Crippen molar-refractivity contribution in [3.8, 4) is 5.75 Å². The second kappa shape index (κ2) is 13.9. The zero-order valence-electron chi connectivity index (χ0n) is 21.8. The van der Waals surface area contributed by atoms with Crippen LogP contribution in [0.2, 0.25) is 10.0 Å². The molecular weight excluding hydrogens is 537 g/mol. The third kappa shape index (κ3) is 8.79. The van der Waals surface area contributed by atoms with E-state index in [4.69, 9.17) is 27.9 Å². The van der Waals surface area contributed by atoms with E-state index in [0.717, 1.165) is 6.26 Å². The number of halogens is 2. The van der Waals surface area contributed by atoms with Crippen LogP contribution in [0, 0.1) is 0 Å². The maximum atomic E-state index is 13.4. The van der Waals surface area contributed by atoms with Crippen LogP contribution in [0.25, 0.3) is 0 Å². The van der Waals surface area contributed by atoms with E-state index in [1.54, 1.807) is 49.4 Å². The van der Waals surface area contributed by atoms with E-state index >= 15 is 0 Å². The number of sulfonamides is 1. The molecule has 2 aromatic rings. The van der Waals surface area contributed by atoms with Crippen LogP contribution in [0.4, 0.5) is 5.69 Å². The predicted molar refractivity (Wildman–Crippen MR) is 149 cm³/mol. The summed E-state index contributed by atoms with van der Waals surface area (Å²) in [7, 11) is -3.65. The van der Waals surface area contributed by atoms with Crippen LogP contribution in [0.5, 0.6) is 5.75 Å². The molecule has 0 aliphatic heterocycles. The van der Waals surface area contributed by atoms with E-state index in [1.807, 2.05) is 20.8 Å². The van der Waals surface area contributed by atoms with Crippen molar-refractivity contribution in [3.05, 3.63) is 58.1 Å². The molecule has 8 nitrogen and oxygen atoms in total. The number of para-hydroxylation sites is 2. The van der Waals surface area contributed by atoms with E-state index in [1.165, 1.54) is 9.21 Å². The van der Waals surface area contributed by atoms with Crippen molar-refractivity contribution in [1.29, 1.82) is 0 Å². The Morgan fingerprint density at radius 2 is 1.65 bits per heavy atom. The third-order valence-corrected chi connectivity index (χ3v) is 7.46. The largest absolute Gasteiger partial charge is 0.492 e. The Bertz CT molecular complexity index is 1170. The minimum absolute atomic E-state index is 0.00416. The van der Waals surface area contributed by atoms with E-state index in [-0.39, 0.29) is 43.8 Å². The highest BCUT2D eigenvalue weighted by Crippen LogP contribution is 2.31. The summed E-state index contributed by atoms with van der Waals surface area (Å²) in [6, 6.07) is 11.0. The Labute approximate surface area is 229 Å². The summed E-state index contributed by atoms with van der Waals surface area (Å²) in [5.74, 6) is -0.195. The van der Waals surface area contributed by atoms with Crippen LogP contribution < -0.4 is 14.4 Å². The van der Waals surface area contributed by atoms with Crippen LogP contribution in [0.15, 0.2) is 42.5 Å². The first-order chi connectivity index (χ1) is 17.4. The number of benzene rings is 2. The molecule has 0 aromatic heterocycles. The molecule has 1 atom stereocenters. The molecule has 2 rings (SSSR count). The van der Waals surface area contributed by atoms with Gasteiger partial charge in [-0.15, -0.1) is 0 Å². The van der Waals surface area contributed by atoms with Gasteiger partial charge in [-0.2, -0.15) is 0 Å². The van der Waals surface area contributed by atoms with Gasteiger partial charge in [-0.05, 0) is 58.4 Å². The lowest BCUT2D eigenvalue weighted by atomic mass is 10.1. The van der Waals surface area contributed by atoms with Crippen LogP contribution in [-0.4, -0.2) is 56.6 Å². The van der Waals surface area contributed by atoms with E-state index in [2.05, 4.69) is 5.32 Å². The molecular formula is C26H35Cl2N3O5S. The highest BCUT2D eigenvalue weighted by molar-refractivity contribution is 7.92. The maximum Gasteiger partial charge on any atom is 0.242 e. The van der Waals surface area contributed by atoms with Gasteiger partial charge in [-0.1, -0.05) is 41.4 Å². The van der Waals surface area contributed by atoms with Crippen molar-refractivity contribution in [2.75, 3.05) is 23.7 Å². The van der Waals surface area contributed by atoms with Gasteiger partial charge < -0.3 is 15.0 Å². The number of hydrogen-bond acceptors (Lipinski definition) is 5. The minimum atomic E-state index is -3.65. The average molecular weight is 573 g/mol. The Morgan fingerprint density at radius 1 is 1.03 bits per heavy atom. The number of nitrogens with zero attached hydrogens (tertiary/aromatic N) is 2. The lowest BCUT2D eigenvalue weighted by Crippen LogP contribution is -2.49. The van der Waals surface area contributed by atoms with Gasteiger partial charge >= 0.3 is 0 Å². The second-order valence-electron chi connectivity index (χ2n) is 8.90. The number of nitrogens with one attached hydrogen (secondary N) is 1. The summed E-state index contributed by atoms with van der Waals surface area (Å²) in [6.07, 6.45) is 1.34. The summed E-state index contributed by atoms with van der Waals surface area (Å²) < 4.78 is 32.1. The zero-order valence-corrected chi connectivity index (χ0v) is 24.2. The molecule has 0 radical (unpaired) electrons. The number of carbonyl (C=O) groups is 2. The first kappa shape index (κ1) is 30.7. The smallest absolute Gasteiger partial charge is 0.242 e. The van der Waals surface area contributed by atoms with Crippen molar-refractivity contribution in [2.45, 2.75) is 59.2 Å². The molecule has 0 saturated carbocycles. The molecule has 2 amide bonds. The zero-order chi connectivity index (χ0) is 27.8. The molecule has 0 spiro atoms. The summed E-state index contributed by atoms with van der Waals surface area (Å²) in [5, 5.41) is 3.60. The topological polar surface area (TPSA) is 96.0 Å². The standard InChI is InChI=1S/C26H35Cl2N3O5S/c1-6-36-24-14-8-7-13-23(24)31(37(5,34)35)16-10-15-25(32)30(19(4)26(33)29-18(2)3)17-20-21(27)11-9-12-22(20)28/h7-9,11-14,18-19H,6,10,15-17H2,1-5H3,(H,29,33)/t19-/m0/s1. The van der Waals surface area contributed by atoms with Gasteiger partial charge in [-0.3, -0.25) is 13.9 Å². The van der Waals surface area contributed by atoms with Gasteiger partial charge in [0.25, 0.3) is 0 Å². The summed E-state index contributed by atoms with van der Waals surface area (Å²) in [6.45, 7) is 7.60. The molecule has 37 heavy (non-hydrogen) atoms. The first-order valence-corrected chi connectivity index (χ1v) is 14.7. The Morgan fingerprint density at radius 3 is 2.22 bits per heavy atom. The van der Waals surface area contributed by atoms with Crippen LogP contribution in [-0.2, 0) is 26.2 Å². The number of amides is 2. The van der Waals surface area contributed by atoms with E-state index in [9.17, 15) is 18.0 Å². The average Bonchev–Trinajstić information content (AvgIpc) is 2.81. The molecule has 0 bridgehead atoms. The molecule has 0 aliphatic carbocycles. The number of anilines is 1. The second-order valence-corrected chi connectivity index (χ2v) is 11.6.